The highest BCUT2D eigenvalue weighted by atomic mass is 16.6. The first-order valence-corrected chi connectivity index (χ1v) is 12.8. The Morgan fingerprint density at radius 3 is 2.27 bits per heavy atom. The first kappa shape index (κ1) is 24.7. The second-order valence-corrected chi connectivity index (χ2v) is 9.98. The van der Waals surface area contributed by atoms with Gasteiger partial charge in [0.2, 0.25) is 5.91 Å². The summed E-state index contributed by atoms with van der Waals surface area (Å²) in [5.74, 6) is -0.382. The van der Waals surface area contributed by atoms with E-state index in [0.29, 0.717) is 32.6 Å². The van der Waals surface area contributed by atoms with Gasteiger partial charge in [-0.05, 0) is 50.3 Å². The molecule has 3 aliphatic heterocycles. The maximum atomic E-state index is 13.9. The van der Waals surface area contributed by atoms with Gasteiger partial charge in [-0.3, -0.25) is 24.5 Å². The standard InChI is InChI=1S/C27H31N5O5/c33-24(28-14-5-2-6-15-28)19-30-20-31(22-9-3-1-4-10-22)27(26(30)35)12-16-29(17-13-27)25(34)21-8-7-11-23(18-21)32(36)37/h1,3-4,7-11,18H,2,5-6,12-17,19-20H2. The van der Waals surface area contributed by atoms with Gasteiger partial charge in [-0.2, -0.15) is 0 Å². The lowest BCUT2D eigenvalue weighted by molar-refractivity contribution is -0.384. The number of anilines is 1. The molecule has 10 nitrogen and oxygen atoms in total. The number of nitro benzene ring substituents is 1. The van der Waals surface area contributed by atoms with E-state index in [1.54, 1.807) is 15.9 Å². The molecule has 10 heteroatoms. The van der Waals surface area contributed by atoms with E-state index in [4.69, 9.17) is 0 Å². The molecule has 3 amide bonds. The van der Waals surface area contributed by atoms with E-state index in [2.05, 4.69) is 4.90 Å². The lowest BCUT2D eigenvalue weighted by Gasteiger charge is -2.43. The Bertz CT molecular complexity index is 1190. The normalized spacial score (nSPS) is 19.4. The number of non-ortho nitro benzene ring substituents is 1. The molecule has 0 N–H and O–H groups in total. The van der Waals surface area contributed by atoms with E-state index < -0.39 is 10.5 Å². The van der Waals surface area contributed by atoms with Crippen LogP contribution in [-0.4, -0.2) is 82.3 Å². The molecule has 194 valence electrons. The third kappa shape index (κ3) is 4.75. The van der Waals surface area contributed by atoms with Gasteiger partial charge in [0.15, 0.2) is 0 Å². The van der Waals surface area contributed by atoms with Crippen LogP contribution in [0, 0.1) is 10.1 Å². The minimum absolute atomic E-state index is 0.0172. The van der Waals surface area contributed by atoms with E-state index in [0.717, 1.165) is 38.0 Å². The molecular weight excluding hydrogens is 474 g/mol. The smallest absolute Gasteiger partial charge is 0.270 e. The van der Waals surface area contributed by atoms with Crippen molar-refractivity contribution in [3.8, 4) is 0 Å². The molecule has 0 atom stereocenters. The molecule has 5 rings (SSSR count). The largest absolute Gasteiger partial charge is 0.341 e. The molecule has 0 bridgehead atoms. The molecule has 0 aromatic heterocycles. The van der Waals surface area contributed by atoms with E-state index >= 15 is 0 Å². The molecule has 3 fully saturated rings. The van der Waals surface area contributed by atoms with Crippen molar-refractivity contribution in [3.05, 3.63) is 70.3 Å². The van der Waals surface area contributed by atoms with Crippen LogP contribution in [0.3, 0.4) is 0 Å². The maximum absolute atomic E-state index is 13.9. The molecule has 0 radical (unpaired) electrons. The van der Waals surface area contributed by atoms with Gasteiger partial charge in [-0.15, -0.1) is 0 Å². The number of hydrogen-bond acceptors (Lipinski definition) is 6. The number of benzene rings is 2. The minimum Gasteiger partial charge on any atom is -0.341 e. The Hall–Kier alpha value is -3.95. The number of carbonyl (C=O) groups excluding carboxylic acids is 3. The van der Waals surface area contributed by atoms with Gasteiger partial charge in [0.05, 0.1) is 11.6 Å². The summed E-state index contributed by atoms with van der Waals surface area (Å²) in [6.45, 7) is 2.53. The summed E-state index contributed by atoms with van der Waals surface area (Å²) >= 11 is 0. The number of hydrogen-bond donors (Lipinski definition) is 0. The van der Waals surface area contributed by atoms with Gasteiger partial charge in [0, 0.05) is 49.6 Å². The predicted molar refractivity (Wildman–Crippen MR) is 137 cm³/mol. The fourth-order valence-corrected chi connectivity index (χ4v) is 5.74. The van der Waals surface area contributed by atoms with E-state index in [9.17, 15) is 24.5 Å². The fraction of sp³-hybridized carbons (Fsp3) is 0.444. The molecule has 3 saturated heterocycles. The summed E-state index contributed by atoms with van der Waals surface area (Å²) < 4.78 is 0. The van der Waals surface area contributed by atoms with Gasteiger partial charge in [-0.1, -0.05) is 24.3 Å². The zero-order chi connectivity index (χ0) is 26.0. The lowest BCUT2D eigenvalue weighted by atomic mass is 9.85. The van der Waals surface area contributed by atoms with Gasteiger partial charge in [-0.25, -0.2) is 0 Å². The first-order valence-electron chi connectivity index (χ1n) is 12.8. The van der Waals surface area contributed by atoms with Crippen molar-refractivity contribution >= 4 is 29.1 Å². The highest BCUT2D eigenvalue weighted by molar-refractivity contribution is 5.98. The van der Waals surface area contributed by atoms with Crippen LogP contribution in [0.2, 0.25) is 0 Å². The van der Waals surface area contributed by atoms with Gasteiger partial charge >= 0.3 is 0 Å². The van der Waals surface area contributed by atoms with Crippen LogP contribution in [0.1, 0.15) is 42.5 Å². The number of piperidine rings is 2. The molecule has 3 aliphatic rings. The summed E-state index contributed by atoms with van der Waals surface area (Å²) in [4.78, 5) is 57.9. The van der Waals surface area contributed by atoms with Crippen LogP contribution in [0.4, 0.5) is 11.4 Å². The Morgan fingerprint density at radius 1 is 0.892 bits per heavy atom. The summed E-state index contributed by atoms with van der Waals surface area (Å²) in [5.41, 5.74) is 0.191. The average molecular weight is 506 g/mol. The number of nitrogens with zero attached hydrogens (tertiary/aromatic N) is 5. The fourth-order valence-electron chi connectivity index (χ4n) is 5.74. The second kappa shape index (κ2) is 10.2. The van der Waals surface area contributed by atoms with Crippen LogP contribution in [0.5, 0.6) is 0 Å². The average Bonchev–Trinajstić information content (AvgIpc) is 3.20. The lowest BCUT2D eigenvalue weighted by Crippen LogP contribution is -2.57. The molecule has 0 aliphatic carbocycles. The first-order chi connectivity index (χ1) is 17.9. The number of amides is 3. The number of nitro groups is 1. The van der Waals surface area contributed by atoms with Gasteiger partial charge < -0.3 is 19.6 Å². The van der Waals surface area contributed by atoms with Gasteiger partial charge in [0.25, 0.3) is 17.5 Å². The number of rotatable bonds is 5. The van der Waals surface area contributed by atoms with E-state index in [-0.39, 0.29) is 35.5 Å². The molecule has 2 aromatic carbocycles. The summed E-state index contributed by atoms with van der Waals surface area (Å²) in [6, 6.07) is 15.4. The van der Waals surface area contributed by atoms with Crippen LogP contribution >= 0.6 is 0 Å². The molecule has 0 unspecified atom stereocenters. The molecule has 1 spiro atoms. The van der Waals surface area contributed by atoms with Crippen molar-refractivity contribution in [1.29, 1.82) is 0 Å². The van der Waals surface area contributed by atoms with E-state index in [1.807, 2.05) is 35.2 Å². The van der Waals surface area contributed by atoms with Crippen molar-refractivity contribution in [1.82, 2.24) is 14.7 Å². The van der Waals surface area contributed by atoms with Crippen molar-refractivity contribution in [3.63, 3.8) is 0 Å². The van der Waals surface area contributed by atoms with Crippen LogP contribution in [0.25, 0.3) is 0 Å². The molecule has 2 aromatic rings. The zero-order valence-electron chi connectivity index (χ0n) is 20.8. The molecule has 37 heavy (non-hydrogen) atoms. The summed E-state index contributed by atoms with van der Waals surface area (Å²) in [5, 5.41) is 11.1. The third-order valence-electron chi connectivity index (χ3n) is 7.80. The predicted octanol–water partition coefficient (Wildman–Crippen LogP) is 2.89. The summed E-state index contributed by atoms with van der Waals surface area (Å²) in [6.07, 6.45) is 3.94. The summed E-state index contributed by atoms with van der Waals surface area (Å²) in [7, 11) is 0. The monoisotopic (exact) mass is 505 g/mol. The Labute approximate surface area is 215 Å². The number of carbonyl (C=O) groups is 3. The second-order valence-electron chi connectivity index (χ2n) is 9.98. The van der Waals surface area contributed by atoms with E-state index in [1.165, 1.54) is 18.2 Å². The van der Waals surface area contributed by atoms with Crippen LogP contribution in [-0.2, 0) is 9.59 Å². The maximum Gasteiger partial charge on any atom is 0.270 e. The minimum atomic E-state index is -0.844. The third-order valence-corrected chi connectivity index (χ3v) is 7.80. The van der Waals surface area contributed by atoms with Gasteiger partial charge in [0.1, 0.15) is 12.1 Å². The highest BCUT2D eigenvalue weighted by Crippen LogP contribution is 2.39. The SMILES string of the molecule is O=C(CN1CN(c2ccccc2)C2(CCN(C(=O)c3cccc([N+](=O)[O-])c3)CC2)C1=O)N1CCCCC1. The van der Waals surface area contributed by atoms with Crippen LogP contribution < -0.4 is 4.90 Å². The Kier molecular flexibility index (Phi) is 6.82. The molecule has 3 heterocycles. The van der Waals surface area contributed by atoms with Crippen molar-refractivity contribution in [2.45, 2.75) is 37.6 Å². The van der Waals surface area contributed by atoms with Crippen LogP contribution in [0.15, 0.2) is 54.6 Å². The molecular formula is C27H31N5O5. The quantitative estimate of drug-likeness (QED) is 0.457. The highest BCUT2D eigenvalue weighted by Gasteiger charge is 2.54. The van der Waals surface area contributed by atoms with Crippen molar-refractivity contribution in [2.24, 2.45) is 0 Å². The zero-order valence-corrected chi connectivity index (χ0v) is 20.8. The Morgan fingerprint density at radius 2 is 1.59 bits per heavy atom. The molecule has 0 saturated carbocycles. The Balaban J connectivity index is 1.34. The topological polar surface area (TPSA) is 107 Å². The van der Waals surface area contributed by atoms with Crippen molar-refractivity contribution < 1.29 is 19.3 Å². The number of para-hydroxylation sites is 1. The number of likely N-dealkylation sites (tertiary alicyclic amines) is 2. The van der Waals surface area contributed by atoms with Crippen molar-refractivity contribution in [2.75, 3.05) is 44.3 Å².